The first kappa shape index (κ1) is 13.5. The van der Waals surface area contributed by atoms with E-state index in [2.05, 4.69) is 28.4 Å². The number of halogens is 1. The Morgan fingerprint density at radius 1 is 1.28 bits per heavy atom. The third-order valence-corrected chi connectivity index (χ3v) is 3.64. The SMILES string of the molecule is OC(CCl)CNc1cccc(N2CCCCC2)c1. The zero-order valence-electron chi connectivity index (χ0n) is 10.6. The second-order valence-electron chi connectivity index (χ2n) is 4.79. The third kappa shape index (κ3) is 3.79. The van der Waals surface area contributed by atoms with E-state index in [4.69, 9.17) is 11.6 Å². The van der Waals surface area contributed by atoms with Gasteiger partial charge in [-0.05, 0) is 37.5 Å². The maximum atomic E-state index is 9.43. The van der Waals surface area contributed by atoms with Crippen LogP contribution in [0.5, 0.6) is 0 Å². The molecule has 100 valence electrons. The number of nitrogens with zero attached hydrogens (tertiary/aromatic N) is 1. The molecule has 1 aliphatic heterocycles. The first-order valence-corrected chi connectivity index (χ1v) is 7.16. The van der Waals surface area contributed by atoms with Gasteiger partial charge in [-0.15, -0.1) is 11.6 Å². The molecule has 1 saturated heterocycles. The van der Waals surface area contributed by atoms with Gasteiger partial charge < -0.3 is 15.3 Å². The predicted octanol–water partition coefficient (Wildman–Crippen LogP) is 2.69. The molecular formula is C14H21ClN2O. The molecule has 0 aromatic heterocycles. The quantitative estimate of drug-likeness (QED) is 0.806. The van der Waals surface area contributed by atoms with E-state index in [0.717, 1.165) is 18.8 Å². The van der Waals surface area contributed by atoms with Crippen molar-refractivity contribution in [2.75, 3.05) is 35.7 Å². The summed E-state index contributed by atoms with van der Waals surface area (Å²) in [5, 5.41) is 12.6. The lowest BCUT2D eigenvalue weighted by molar-refractivity contribution is 0.211. The fourth-order valence-corrected chi connectivity index (χ4v) is 2.36. The molecule has 0 saturated carbocycles. The Morgan fingerprint density at radius 2 is 2.06 bits per heavy atom. The molecule has 3 nitrogen and oxygen atoms in total. The van der Waals surface area contributed by atoms with Crippen molar-refractivity contribution in [1.29, 1.82) is 0 Å². The Balaban J connectivity index is 1.96. The number of aliphatic hydroxyl groups excluding tert-OH is 1. The summed E-state index contributed by atoms with van der Waals surface area (Å²) < 4.78 is 0. The molecule has 0 bridgehead atoms. The van der Waals surface area contributed by atoms with Crippen LogP contribution in [-0.2, 0) is 0 Å². The van der Waals surface area contributed by atoms with Crippen LogP contribution in [0.3, 0.4) is 0 Å². The van der Waals surface area contributed by atoms with Crippen LogP contribution in [0, 0.1) is 0 Å². The zero-order chi connectivity index (χ0) is 12.8. The number of benzene rings is 1. The van der Waals surface area contributed by atoms with Crippen LogP contribution >= 0.6 is 11.6 Å². The van der Waals surface area contributed by atoms with Crippen molar-refractivity contribution in [3.05, 3.63) is 24.3 Å². The van der Waals surface area contributed by atoms with Crippen molar-refractivity contribution in [2.24, 2.45) is 0 Å². The van der Waals surface area contributed by atoms with Gasteiger partial charge in [-0.3, -0.25) is 0 Å². The lowest BCUT2D eigenvalue weighted by Gasteiger charge is -2.29. The van der Waals surface area contributed by atoms with E-state index in [1.54, 1.807) is 0 Å². The molecule has 2 rings (SSSR count). The van der Waals surface area contributed by atoms with Crippen LogP contribution in [0.2, 0.25) is 0 Å². The van der Waals surface area contributed by atoms with Crippen molar-refractivity contribution < 1.29 is 5.11 Å². The summed E-state index contributed by atoms with van der Waals surface area (Å²) in [6.07, 6.45) is 3.41. The van der Waals surface area contributed by atoms with Gasteiger partial charge in [0.05, 0.1) is 12.0 Å². The molecule has 1 atom stereocenters. The Morgan fingerprint density at radius 3 is 2.78 bits per heavy atom. The van der Waals surface area contributed by atoms with Crippen LogP contribution in [0.4, 0.5) is 11.4 Å². The van der Waals surface area contributed by atoms with E-state index in [9.17, 15) is 5.11 Å². The van der Waals surface area contributed by atoms with Gasteiger partial charge in [-0.2, -0.15) is 0 Å². The largest absolute Gasteiger partial charge is 0.390 e. The molecule has 1 heterocycles. The molecule has 18 heavy (non-hydrogen) atoms. The Labute approximate surface area is 114 Å². The Kier molecular flexibility index (Phi) is 5.14. The van der Waals surface area contributed by atoms with Gasteiger partial charge in [0.1, 0.15) is 0 Å². The summed E-state index contributed by atoms with van der Waals surface area (Å²) in [4.78, 5) is 2.42. The number of piperidine rings is 1. The van der Waals surface area contributed by atoms with E-state index in [1.165, 1.54) is 24.9 Å². The molecule has 0 spiro atoms. The highest BCUT2D eigenvalue weighted by Crippen LogP contribution is 2.22. The van der Waals surface area contributed by atoms with E-state index in [0.29, 0.717) is 6.54 Å². The second kappa shape index (κ2) is 6.86. The third-order valence-electron chi connectivity index (χ3n) is 3.29. The van der Waals surface area contributed by atoms with Crippen LogP contribution in [0.1, 0.15) is 19.3 Å². The molecule has 1 unspecified atom stereocenters. The summed E-state index contributed by atoms with van der Waals surface area (Å²) in [6.45, 7) is 2.79. The molecule has 1 fully saturated rings. The van der Waals surface area contributed by atoms with Crippen molar-refractivity contribution in [3.63, 3.8) is 0 Å². The first-order valence-electron chi connectivity index (χ1n) is 6.62. The number of hydrogen-bond donors (Lipinski definition) is 2. The molecule has 1 aromatic carbocycles. The van der Waals surface area contributed by atoms with Crippen LogP contribution in [0.25, 0.3) is 0 Å². The molecule has 1 aliphatic rings. The number of rotatable bonds is 5. The molecule has 2 N–H and O–H groups in total. The molecule has 0 radical (unpaired) electrons. The van der Waals surface area contributed by atoms with Crippen LogP contribution in [0.15, 0.2) is 24.3 Å². The smallest absolute Gasteiger partial charge is 0.0847 e. The Hall–Kier alpha value is -0.930. The van der Waals surface area contributed by atoms with Crippen molar-refractivity contribution in [2.45, 2.75) is 25.4 Å². The second-order valence-corrected chi connectivity index (χ2v) is 5.10. The van der Waals surface area contributed by atoms with E-state index >= 15 is 0 Å². The zero-order valence-corrected chi connectivity index (χ0v) is 11.4. The standard InChI is InChI=1S/C14H21ClN2O/c15-10-14(18)11-16-12-5-4-6-13(9-12)17-7-2-1-3-8-17/h4-6,9,14,16,18H,1-3,7-8,10-11H2. The first-order chi connectivity index (χ1) is 8.79. The summed E-state index contributed by atoms with van der Waals surface area (Å²) >= 11 is 5.57. The minimum absolute atomic E-state index is 0.263. The minimum atomic E-state index is -0.495. The van der Waals surface area contributed by atoms with E-state index < -0.39 is 6.10 Å². The summed E-state index contributed by atoms with van der Waals surface area (Å²) in [7, 11) is 0. The van der Waals surface area contributed by atoms with Gasteiger partial charge in [0.25, 0.3) is 0 Å². The highest BCUT2D eigenvalue weighted by molar-refractivity contribution is 6.18. The predicted molar refractivity (Wildman–Crippen MR) is 77.7 cm³/mol. The van der Waals surface area contributed by atoms with Crippen molar-refractivity contribution in [1.82, 2.24) is 0 Å². The molecule has 0 aliphatic carbocycles. The molecular weight excluding hydrogens is 248 g/mol. The Bertz CT molecular complexity index is 367. The molecule has 1 aromatic rings. The van der Waals surface area contributed by atoms with Crippen LogP contribution in [-0.4, -0.2) is 36.7 Å². The van der Waals surface area contributed by atoms with Gasteiger partial charge in [0, 0.05) is 31.0 Å². The number of alkyl halides is 1. The van der Waals surface area contributed by atoms with Gasteiger partial charge in [-0.1, -0.05) is 6.07 Å². The van der Waals surface area contributed by atoms with Crippen molar-refractivity contribution >= 4 is 23.0 Å². The number of aliphatic hydroxyl groups is 1. The monoisotopic (exact) mass is 268 g/mol. The fourth-order valence-electron chi connectivity index (χ4n) is 2.25. The van der Waals surface area contributed by atoms with Crippen LogP contribution < -0.4 is 10.2 Å². The minimum Gasteiger partial charge on any atom is -0.390 e. The van der Waals surface area contributed by atoms with E-state index in [1.807, 2.05) is 6.07 Å². The highest BCUT2D eigenvalue weighted by Gasteiger charge is 2.11. The molecule has 0 amide bonds. The molecule has 4 heteroatoms. The number of anilines is 2. The van der Waals surface area contributed by atoms with Gasteiger partial charge >= 0.3 is 0 Å². The average Bonchev–Trinajstić information content (AvgIpc) is 2.46. The lowest BCUT2D eigenvalue weighted by Crippen LogP contribution is -2.29. The summed E-state index contributed by atoms with van der Waals surface area (Å²) in [5.74, 6) is 0.263. The van der Waals surface area contributed by atoms with Gasteiger partial charge in [0.15, 0.2) is 0 Å². The average molecular weight is 269 g/mol. The topological polar surface area (TPSA) is 35.5 Å². The maximum absolute atomic E-state index is 9.43. The summed E-state index contributed by atoms with van der Waals surface area (Å²) in [6, 6.07) is 8.37. The number of nitrogens with one attached hydrogen (secondary N) is 1. The van der Waals surface area contributed by atoms with Gasteiger partial charge in [0.2, 0.25) is 0 Å². The van der Waals surface area contributed by atoms with E-state index in [-0.39, 0.29) is 5.88 Å². The fraction of sp³-hybridized carbons (Fsp3) is 0.571. The summed E-state index contributed by atoms with van der Waals surface area (Å²) in [5.41, 5.74) is 2.31. The number of hydrogen-bond acceptors (Lipinski definition) is 3. The van der Waals surface area contributed by atoms with Gasteiger partial charge in [-0.25, -0.2) is 0 Å². The maximum Gasteiger partial charge on any atom is 0.0847 e. The van der Waals surface area contributed by atoms with Crippen molar-refractivity contribution in [3.8, 4) is 0 Å². The normalized spacial score (nSPS) is 17.6. The lowest BCUT2D eigenvalue weighted by atomic mass is 10.1. The highest BCUT2D eigenvalue weighted by atomic mass is 35.5.